The average molecular weight is 226 g/mol. The van der Waals surface area contributed by atoms with Crippen molar-refractivity contribution in [2.24, 2.45) is 0 Å². The number of nitrogens with one attached hydrogen (secondary N) is 1. The standard InChI is InChI=1S/C11H12ClNS/c1-7(13-2)10-6-8-4-3-5-9(12)11(8)14-10/h3-7,13H,1-2H3. The molecule has 2 rings (SSSR count). The molecule has 0 aliphatic rings. The van der Waals surface area contributed by atoms with Crippen LogP contribution in [0.2, 0.25) is 5.02 Å². The van der Waals surface area contributed by atoms with Gasteiger partial charge < -0.3 is 5.32 Å². The van der Waals surface area contributed by atoms with Crippen molar-refractivity contribution in [2.45, 2.75) is 13.0 Å². The van der Waals surface area contributed by atoms with Crippen LogP contribution in [-0.2, 0) is 0 Å². The lowest BCUT2D eigenvalue weighted by Crippen LogP contribution is -2.10. The summed E-state index contributed by atoms with van der Waals surface area (Å²) in [6.07, 6.45) is 0. The van der Waals surface area contributed by atoms with Crippen LogP contribution in [-0.4, -0.2) is 7.05 Å². The summed E-state index contributed by atoms with van der Waals surface area (Å²) in [5, 5.41) is 5.31. The number of thiophene rings is 1. The number of halogens is 1. The lowest BCUT2D eigenvalue weighted by molar-refractivity contribution is 0.664. The molecular formula is C11H12ClNS. The van der Waals surface area contributed by atoms with E-state index in [1.165, 1.54) is 15.0 Å². The van der Waals surface area contributed by atoms with Gasteiger partial charge in [0.25, 0.3) is 0 Å². The lowest BCUT2D eigenvalue weighted by Gasteiger charge is -2.05. The molecule has 0 amide bonds. The normalized spacial score (nSPS) is 13.4. The lowest BCUT2D eigenvalue weighted by atomic mass is 10.2. The summed E-state index contributed by atoms with van der Waals surface area (Å²) < 4.78 is 1.19. The van der Waals surface area contributed by atoms with Crippen LogP contribution in [0.1, 0.15) is 17.8 Å². The summed E-state index contributed by atoms with van der Waals surface area (Å²) >= 11 is 7.87. The van der Waals surface area contributed by atoms with E-state index in [0.29, 0.717) is 6.04 Å². The molecule has 0 saturated carbocycles. The fourth-order valence-electron chi connectivity index (χ4n) is 1.40. The van der Waals surface area contributed by atoms with Crippen LogP contribution < -0.4 is 5.32 Å². The van der Waals surface area contributed by atoms with Gasteiger partial charge in [-0.05, 0) is 31.5 Å². The van der Waals surface area contributed by atoms with E-state index in [0.717, 1.165) is 5.02 Å². The van der Waals surface area contributed by atoms with Gasteiger partial charge >= 0.3 is 0 Å². The predicted molar refractivity (Wildman–Crippen MR) is 64.3 cm³/mol. The smallest absolute Gasteiger partial charge is 0.0584 e. The predicted octanol–water partition coefficient (Wildman–Crippen LogP) is 3.84. The topological polar surface area (TPSA) is 12.0 Å². The first-order valence-corrected chi connectivity index (χ1v) is 5.77. The van der Waals surface area contributed by atoms with Gasteiger partial charge in [-0.15, -0.1) is 11.3 Å². The largest absolute Gasteiger partial charge is 0.313 e. The maximum absolute atomic E-state index is 6.11. The second kappa shape index (κ2) is 3.89. The molecule has 0 radical (unpaired) electrons. The summed E-state index contributed by atoms with van der Waals surface area (Å²) in [4.78, 5) is 1.33. The number of hydrogen-bond acceptors (Lipinski definition) is 2. The first-order chi connectivity index (χ1) is 6.72. The van der Waals surface area contributed by atoms with Gasteiger partial charge in [0.05, 0.1) is 9.72 Å². The monoisotopic (exact) mass is 225 g/mol. The molecule has 0 bridgehead atoms. The Balaban J connectivity index is 2.56. The first kappa shape index (κ1) is 9.97. The molecule has 1 heterocycles. The summed E-state index contributed by atoms with van der Waals surface area (Å²) in [6, 6.07) is 8.62. The Morgan fingerprint density at radius 3 is 2.86 bits per heavy atom. The molecule has 0 fully saturated rings. The Morgan fingerprint density at radius 2 is 2.21 bits per heavy atom. The van der Waals surface area contributed by atoms with Crippen LogP contribution in [0.25, 0.3) is 10.1 Å². The van der Waals surface area contributed by atoms with Crippen molar-refractivity contribution in [3.8, 4) is 0 Å². The van der Waals surface area contributed by atoms with E-state index in [2.05, 4.69) is 24.4 Å². The Hall–Kier alpha value is -0.570. The van der Waals surface area contributed by atoms with Gasteiger partial charge in [0, 0.05) is 10.9 Å². The van der Waals surface area contributed by atoms with Crippen LogP contribution in [0.15, 0.2) is 24.3 Å². The molecule has 3 heteroatoms. The highest BCUT2D eigenvalue weighted by Crippen LogP contribution is 2.34. The molecule has 1 aromatic heterocycles. The van der Waals surface area contributed by atoms with Crippen LogP contribution >= 0.6 is 22.9 Å². The zero-order chi connectivity index (χ0) is 10.1. The Kier molecular flexibility index (Phi) is 2.77. The molecular weight excluding hydrogens is 214 g/mol. The zero-order valence-electron chi connectivity index (χ0n) is 8.17. The highest BCUT2D eigenvalue weighted by molar-refractivity contribution is 7.19. The molecule has 1 atom stereocenters. The number of rotatable bonds is 2. The van der Waals surface area contributed by atoms with Crippen LogP contribution in [0.3, 0.4) is 0 Å². The molecule has 0 spiro atoms. The molecule has 0 aliphatic carbocycles. The van der Waals surface area contributed by atoms with Crippen molar-refractivity contribution in [2.75, 3.05) is 7.05 Å². The molecule has 1 unspecified atom stereocenters. The Labute approximate surface area is 92.7 Å². The highest BCUT2D eigenvalue weighted by atomic mass is 35.5. The van der Waals surface area contributed by atoms with Crippen molar-refractivity contribution in [1.82, 2.24) is 5.32 Å². The van der Waals surface area contributed by atoms with E-state index < -0.39 is 0 Å². The minimum atomic E-state index is 0.392. The van der Waals surface area contributed by atoms with E-state index in [-0.39, 0.29) is 0 Å². The molecule has 1 N–H and O–H groups in total. The summed E-state index contributed by atoms with van der Waals surface area (Å²) in [7, 11) is 1.97. The summed E-state index contributed by atoms with van der Waals surface area (Å²) in [6.45, 7) is 2.15. The fourth-order valence-corrected chi connectivity index (χ4v) is 2.83. The summed E-state index contributed by atoms with van der Waals surface area (Å²) in [5.41, 5.74) is 0. The van der Waals surface area contributed by atoms with E-state index in [1.807, 2.05) is 19.2 Å². The molecule has 74 valence electrons. The molecule has 1 nitrogen and oxygen atoms in total. The van der Waals surface area contributed by atoms with Gasteiger partial charge in [-0.25, -0.2) is 0 Å². The van der Waals surface area contributed by atoms with E-state index in [1.54, 1.807) is 11.3 Å². The molecule has 2 aromatic rings. The van der Waals surface area contributed by atoms with Crippen molar-refractivity contribution >= 4 is 33.0 Å². The van der Waals surface area contributed by atoms with E-state index in [9.17, 15) is 0 Å². The highest BCUT2D eigenvalue weighted by Gasteiger charge is 2.08. The van der Waals surface area contributed by atoms with Crippen molar-refractivity contribution in [1.29, 1.82) is 0 Å². The quantitative estimate of drug-likeness (QED) is 0.819. The maximum atomic E-state index is 6.11. The third-order valence-electron chi connectivity index (χ3n) is 2.37. The van der Waals surface area contributed by atoms with Crippen molar-refractivity contribution < 1.29 is 0 Å². The first-order valence-electron chi connectivity index (χ1n) is 4.57. The van der Waals surface area contributed by atoms with Gasteiger partial charge in [0.1, 0.15) is 0 Å². The maximum Gasteiger partial charge on any atom is 0.0584 e. The number of benzene rings is 1. The summed E-state index contributed by atoms with van der Waals surface area (Å²) in [5.74, 6) is 0. The minimum absolute atomic E-state index is 0.392. The van der Waals surface area contributed by atoms with Crippen LogP contribution in [0.4, 0.5) is 0 Å². The number of fused-ring (bicyclic) bond motifs is 1. The van der Waals surface area contributed by atoms with Gasteiger partial charge in [-0.2, -0.15) is 0 Å². The van der Waals surface area contributed by atoms with Crippen LogP contribution in [0, 0.1) is 0 Å². The van der Waals surface area contributed by atoms with Crippen molar-refractivity contribution in [3.05, 3.63) is 34.2 Å². The zero-order valence-corrected chi connectivity index (χ0v) is 9.75. The Morgan fingerprint density at radius 1 is 1.43 bits per heavy atom. The number of hydrogen-bond donors (Lipinski definition) is 1. The van der Waals surface area contributed by atoms with E-state index in [4.69, 9.17) is 11.6 Å². The van der Waals surface area contributed by atoms with E-state index >= 15 is 0 Å². The average Bonchev–Trinajstić information content (AvgIpc) is 2.62. The molecule has 1 aromatic carbocycles. The van der Waals surface area contributed by atoms with Gasteiger partial charge in [-0.3, -0.25) is 0 Å². The Bertz CT molecular complexity index is 449. The third-order valence-corrected chi connectivity index (χ3v) is 4.17. The van der Waals surface area contributed by atoms with Gasteiger partial charge in [-0.1, -0.05) is 23.7 Å². The fraction of sp³-hybridized carbons (Fsp3) is 0.273. The molecule has 0 aliphatic heterocycles. The second-order valence-corrected chi connectivity index (χ2v) is 4.81. The molecule has 0 saturated heterocycles. The minimum Gasteiger partial charge on any atom is -0.313 e. The van der Waals surface area contributed by atoms with Gasteiger partial charge in [0.15, 0.2) is 0 Å². The van der Waals surface area contributed by atoms with Crippen LogP contribution in [0.5, 0.6) is 0 Å². The second-order valence-electron chi connectivity index (χ2n) is 3.32. The third kappa shape index (κ3) is 1.65. The van der Waals surface area contributed by atoms with Crippen molar-refractivity contribution in [3.63, 3.8) is 0 Å². The van der Waals surface area contributed by atoms with Gasteiger partial charge in [0.2, 0.25) is 0 Å². The SMILES string of the molecule is CNC(C)c1cc2cccc(Cl)c2s1. The molecule has 14 heavy (non-hydrogen) atoms.